The summed E-state index contributed by atoms with van der Waals surface area (Å²) in [5, 5.41) is -0.0602. The Bertz CT molecular complexity index is 101. The van der Waals surface area contributed by atoms with Crippen molar-refractivity contribution in [2.24, 2.45) is 5.92 Å². The third-order valence-corrected chi connectivity index (χ3v) is 2.47. The molecule has 2 unspecified atom stereocenters. The summed E-state index contributed by atoms with van der Waals surface area (Å²) >= 11 is 4.15. The molecule has 54 valence electrons. The molecule has 0 aromatic heterocycles. The molecule has 0 spiro atoms. The van der Waals surface area contributed by atoms with E-state index in [2.05, 4.69) is 19.6 Å². The molecule has 0 radical (unpaired) electrons. The summed E-state index contributed by atoms with van der Waals surface area (Å²) in [6, 6.07) is 0. The van der Waals surface area contributed by atoms with Crippen LogP contribution in [0.5, 0.6) is 0 Å². The van der Waals surface area contributed by atoms with Gasteiger partial charge in [0.2, 0.25) is 0 Å². The Labute approximate surface area is 62.2 Å². The Kier molecular flexibility index (Phi) is 3.95. The predicted octanol–water partition coefficient (Wildman–Crippen LogP) is 1.92. The topological polar surface area (TPSA) is 17.1 Å². The average Bonchev–Trinajstić information content (AvgIpc) is 1.84. The highest BCUT2D eigenvalue weighted by Gasteiger charge is 2.14. The Hall–Kier alpha value is 0.0200. The maximum absolute atomic E-state index is 10.7. The van der Waals surface area contributed by atoms with Crippen LogP contribution in [0.2, 0.25) is 0 Å². The minimum absolute atomic E-state index is 0.0602. The van der Waals surface area contributed by atoms with E-state index in [4.69, 9.17) is 0 Å². The van der Waals surface area contributed by atoms with Crippen LogP contribution in [-0.4, -0.2) is 11.0 Å². The molecule has 0 rings (SSSR count). The van der Waals surface area contributed by atoms with Crippen molar-refractivity contribution in [1.29, 1.82) is 0 Å². The molecule has 0 saturated carbocycles. The van der Waals surface area contributed by atoms with Crippen LogP contribution in [0.25, 0.3) is 0 Å². The van der Waals surface area contributed by atoms with E-state index in [-0.39, 0.29) is 11.0 Å². The third kappa shape index (κ3) is 2.89. The Morgan fingerprint density at radius 3 is 2.22 bits per heavy atom. The molecule has 0 aliphatic carbocycles. The van der Waals surface area contributed by atoms with Gasteiger partial charge in [0.05, 0.1) is 5.25 Å². The number of rotatable bonds is 3. The van der Waals surface area contributed by atoms with Crippen molar-refractivity contribution in [2.75, 3.05) is 0 Å². The lowest BCUT2D eigenvalue weighted by Gasteiger charge is -2.12. The van der Waals surface area contributed by atoms with E-state index in [0.29, 0.717) is 5.92 Å². The molecule has 0 aliphatic heterocycles. The second kappa shape index (κ2) is 3.94. The summed E-state index contributed by atoms with van der Waals surface area (Å²) in [5.41, 5.74) is 0. The molecule has 0 aromatic rings. The van der Waals surface area contributed by atoms with Gasteiger partial charge in [-0.05, 0) is 12.8 Å². The number of thiol groups is 1. The summed E-state index contributed by atoms with van der Waals surface area (Å²) in [5.74, 6) is 0.582. The summed E-state index contributed by atoms with van der Waals surface area (Å²) in [6.45, 7) is 5.69. The second-order valence-electron chi connectivity index (χ2n) is 2.44. The minimum atomic E-state index is -0.0602. The number of carbonyl (C=O) groups excluding carboxylic acids is 1. The molecule has 0 fully saturated rings. The summed E-state index contributed by atoms with van der Waals surface area (Å²) in [6.07, 6.45) is 1.02. The summed E-state index contributed by atoms with van der Waals surface area (Å²) < 4.78 is 0. The highest BCUT2D eigenvalue weighted by Crippen LogP contribution is 2.13. The van der Waals surface area contributed by atoms with Crippen LogP contribution in [0.3, 0.4) is 0 Å². The van der Waals surface area contributed by atoms with Crippen molar-refractivity contribution in [3.05, 3.63) is 0 Å². The van der Waals surface area contributed by atoms with Gasteiger partial charge in [-0.15, -0.1) is 0 Å². The quantitative estimate of drug-likeness (QED) is 0.602. The molecule has 9 heavy (non-hydrogen) atoms. The van der Waals surface area contributed by atoms with Gasteiger partial charge in [-0.25, -0.2) is 0 Å². The first-order valence-corrected chi connectivity index (χ1v) is 3.79. The van der Waals surface area contributed by atoms with Gasteiger partial charge in [0, 0.05) is 0 Å². The zero-order valence-corrected chi connectivity index (χ0v) is 7.11. The molecule has 2 atom stereocenters. The van der Waals surface area contributed by atoms with Gasteiger partial charge < -0.3 is 0 Å². The fourth-order valence-electron chi connectivity index (χ4n) is 0.624. The largest absolute Gasteiger partial charge is 0.299 e. The van der Waals surface area contributed by atoms with Gasteiger partial charge >= 0.3 is 0 Å². The smallest absolute Gasteiger partial charge is 0.142 e. The molecule has 0 heterocycles. The first kappa shape index (κ1) is 9.02. The number of Topliss-reactive ketones (excluding diaryl/α,β-unsaturated/α-hetero) is 1. The van der Waals surface area contributed by atoms with Gasteiger partial charge in [-0.3, -0.25) is 4.79 Å². The lowest BCUT2D eigenvalue weighted by atomic mass is 10.0. The molecule has 0 amide bonds. The van der Waals surface area contributed by atoms with Crippen LogP contribution in [0, 0.1) is 5.92 Å². The summed E-state index contributed by atoms with van der Waals surface area (Å²) in [7, 11) is 0. The zero-order chi connectivity index (χ0) is 7.44. The van der Waals surface area contributed by atoms with Crippen molar-refractivity contribution in [3.8, 4) is 0 Å². The first-order valence-electron chi connectivity index (χ1n) is 3.28. The van der Waals surface area contributed by atoms with Gasteiger partial charge in [0.25, 0.3) is 0 Å². The maximum atomic E-state index is 10.7. The van der Waals surface area contributed by atoms with Gasteiger partial charge in [-0.2, -0.15) is 12.6 Å². The molecule has 0 saturated heterocycles. The molecule has 0 N–H and O–H groups in total. The standard InChI is InChI=1S/C7H14OS/c1-4-5(2)7(9)6(3)8/h5,7,9H,4H2,1-3H3. The SMILES string of the molecule is CCC(C)C(S)C(C)=O. The van der Waals surface area contributed by atoms with E-state index < -0.39 is 0 Å². The van der Waals surface area contributed by atoms with Crippen LogP contribution in [-0.2, 0) is 4.79 Å². The number of hydrogen-bond acceptors (Lipinski definition) is 2. The highest BCUT2D eigenvalue weighted by molar-refractivity contribution is 7.81. The number of carbonyl (C=O) groups is 1. The van der Waals surface area contributed by atoms with E-state index in [1.54, 1.807) is 6.92 Å². The van der Waals surface area contributed by atoms with E-state index in [9.17, 15) is 4.79 Å². The van der Waals surface area contributed by atoms with Crippen molar-refractivity contribution in [2.45, 2.75) is 32.4 Å². The number of hydrogen-bond donors (Lipinski definition) is 1. The second-order valence-corrected chi connectivity index (χ2v) is 3.00. The van der Waals surface area contributed by atoms with Crippen LogP contribution in [0.15, 0.2) is 0 Å². The van der Waals surface area contributed by atoms with Crippen molar-refractivity contribution >= 4 is 18.4 Å². The normalized spacial score (nSPS) is 16.9. The van der Waals surface area contributed by atoms with Gasteiger partial charge in [-0.1, -0.05) is 20.3 Å². The fraction of sp³-hybridized carbons (Fsp3) is 0.857. The molecule has 1 nitrogen and oxygen atoms in total. The van der Waals surface area contributed by atoms with Crippen molar-refractivity contribution in [1.82, 2.24) is 0 Å². The monoisotopic (exact) mass is 146 g/mol. The van der Waals surface area contributed by atoms with Crippen LogP contribution in [0.1, 0.15) is 27.2 Å². The average molecular weight is 146 g/mol. The van der Waals surface area contributed by atoms with Crippen molar-refractivity contribution in [3.63, 3.8) is 0 Å². The molecule has 0 aliphatic rings. The van der Waals surface area contributed by atoms with E-state index in [0.717, 1.165) is 6.42 Å². The Balaban J connectivity index is 3.72. The Morgan fingerprint density at radius 1 is 1.67 bits per heavy atom. The highest BCUT2D eigenvalue weighted by atomic mass is 32.1. The van der Waals surface area contributed by atoms with E-state index >= 15 is 0 Å². The van der Waals surface area contributed by atoms with Crippen LogP contribution >= 0.6 is 12.6 Å². The lowest BCUT2D eigenvalue weighted by Crippen LogP contribution is -2.18. The van der Waals surface area contributed by atoms with Crippen molar-refractivity contribution < 1.29 is 4.79 Å². The van der Waals surface area contributed by atoms with E-state index in [1.807, 2.05) is 6.92 Å². The lowest BCUT2D eigenvalue weighted by molar-refractivity contribution is -0.117. The molecular weight excluding hydrogens is 132 g/mol. The molecule has 0 aromatic carbocycles. The third-order valence-electron chi connectivity index (χ3n) is 1.60. The molecule has 0 bridgehead atoms. The van der Waals surface area contributed by atoms with Gasteiger partial charge in [0.1, 0.15) is 5.78 Å². The fourth-order valence-corrected chi connectivity index (χ4v) is 0.835. The minimum Gasteiger partial charge on any atom is -0.299 e. The zero-order valence-electron chi connectivity index (χ0n) is 6.22. The van der Waals surface area contributed by atoms with E-state index in [1.165, 1.54) is 0 Å². The van der Waals surface area contributed by atoms with Crippen LogP contribution < -0.4 is 0 Å². The maximum Gasteiger partial charge on any atom is 0.142 e. The number of ketones is 1. The Morgan fingerprint density at radius 2 is 2.11 bits per heavy atom. The summed E-state index contributed by atoms with van der Waals surface area (Å²) in [4.78, 5) is 10.7. The van der Waals surface area contributed by atoms with Crippen LogP contribution in [0.4, 0.5) is 0 Å². The predicted molar refractivity (Wildman–Crippen MR) is 42.9 cm³/mol. The first-order chi connectivity index (χ1) is 4.09. The van der Waals surface area contributed by atoms with Gasteiger partial charge in [0.15, 0.2) is 0 Å². The molecular formula is C7H14OS. The molecule has 2 heteroatoms.